The van der Waals surface area contributed by atoms with Gasteiger partial charge in [-0.2, -0.15) is 0 Å². The standard InChI is InChI=1S/C10H6O4/c11-9-4-8-3-6(10(12)13)1-2-7(8)5-14-9/h1-5H,(H,12,13). The molecular formula is C10H6O4. The highest BCUT2D eigenvalue weighted by atomic mass is 16.4. The van der Waals surface area contributed by atoms with Gasteiger partial charge in [-0.25, -0.2) is 9.59 Å². The third-order valence-corrected chi connectivity index (χ3v) is 1.91. The Bertz CT molecular complexity index is 553. The highest BCUT2D eigenvalue weighted by Gasteiger charge is 2.03. The number of rotatable bonds is 1. The predicted molar refractivity (Wildman–Crippen MR) is 49.4 cm³/mol. The molecule has 0 aliphatic rings. The molecule has 4 heteroatoms. The van der Waals surface area contributed by atoms with Gasteiger partial charge in [0, 0.05) is 11.5 Å². The average molecular weight is 190 g/mol. The third kappa shape index (κ3) is 1.37. The summed E-state index contributed by atoms with van der Waals surface area (Å²) in [6.07, 6.45) is 1.31. The molecule has 0 radical (unpaired) electrons. The van der Waals surface area contributed by atoms with Gasteiger partial charge in [0.2, 0.25) is 0 Å². The van der Waals surface area contributed by atoms with Crippen LogP contribution in [0.1, 0.15) is 10.4 Å². The lowest BCUT2D eigenvalue weighted by Gasteiger charge is -1.97. The fraction of sp³-hybridized carbons (Fsp3) is 0. The van der Waals surface area contributed by atoms with Crippen LogP contribution in [0.5, 0.6) is 0 Å². The maximum absolute atomic E-state index is 10.9. The van der Waals surface area contributed by atoms with Crippen LogP contribution >= 0.6 is 0 Å². The highest BCUT2D eigenvalue weighted by Crippen LogP contribution is 2.13. The van der Waals surface area contributed by atoms with Crippen LogP contribution in [0.15, 0.2) is 39.7 Å². The molecule has 0 spiro atoms. The molecule has 1 aromatic heterocycles. The normalized spacial score (nSPS) is 10.3. The lowest BCUT2D eigenvalue weighted by molar-refractivity contribution is 0.0697. The zero-order valence-electron chi connectivity index (χ0n) is 7.06. The van der Waals surface area contributed by atoms with Crippen LogP contribution in [0.4, 0.5) is 0 Å². The Balaban J connectivity index is 2.75. The molecule has 70 valence electrons. The summed E-state index contributed by atoms with van der Waals surface area (Å²) in [6.45, 7) is 0. The Kier molecular flexibility index (Phi) is 1.81. The van der Waals surface area contributed by atoms with E-state index in [1.165, 1.54) is 24.5 Å². The fourth-order valence-electron chi connectivity index (χ4n) is 1.22. The van der Waals surface area contributed by atoms with Crippen molar-refractivity contribution in [3.63, 3.8) is 0 Å². The number of carboxylic acids is 1. The summed E-state index contributed by atoms with van der Waals surface area (Å²) in [5.41, 5.74) is -0.330. The van der Waals surface area contributed by atoms with E-state index in [2.05, 4.69) is 4.42 Å². The summed E-state index contributed by atoms with van der Waals surface area (Å²) in [6, 6.07) is 5.77. The Morgan fingerprint density at radius 2 is 2.00 bits per heavy atom. The van der Waals surface area contributed by atoms with E-state index >= 15 is 0 Å². The number of carboxylic acid groups (broad SMARTS) is 1. The second kappa shape index (κ2) is 2.99. The monoisotopic (exact) mass is 190 g/mol. The molecule has 1 aromatic carbocycles. The summed E-state index contributed by atoms with van der Waals surface area (Å²) in [5, 5.41) is 9.99. The maximum atomic E-state index is 10.9. The molecule has 0 fully saturated rings. The van der Waals surface area contributed by atoms with Crippen molar-refractivity contribution >= 4 is 16.7 Å². The van der Waals surface area contributed by atoms with Crippen molar-refractivity contribution in [2.24, 2.45) is 0 Å². The lowest BCUT2D eigenvalue weighted by Crippen LogP contribution is -1.98. The number of benzene rings is 1. The minimum atomic E-state index is -1.01. The zero-order chi connectivity index (χ0) is 10.1. The smallest absolute Gasteiger partial charge is 0.336 e. The van der Waals surface area contributed by atoms with Gasteiger partial charge >= 0.3 is 11.6 Å². The lowest BCUT2D eigenvalue weighted by atomic mass is 10.1. The van der Waals surface area contributed by atoms with Gasteiger partial charge < -0.3 is 9.52 Å². The molecule has 2 aromatic rings. The third-order valence-electron chi connectivity index (χ3n) is 1.91. The van der Waals surface area contributed by atoms with E-state index in [-0.39, 0.29) is 5.56 Å². The van der Waals surface area contributed by atoms with Gasteiger partial charge in [0.1, 0.15) is 6.26 Å². The molecule has 0 atom stereocenters. The number of hydrogen-bond donors (Lipinski definition) is 1. The van der Waals surface area contributed by atoms with E-state index in [1.54, 1.807) is 6.07 Å². The summed E-state index contributed by atoms with van der Waals surface area (Å²) in [4.78, 5) is 21.5. The molecule has 2 rings (SSSR count). The van der Waals surface area contributed by atoms with E-state index in [0.717, 1.165) is 0 Å². The van der Waals surface area contributed by atoms with E-state index in [1.807, 2.05) is 0 Å². The van der Waals surface area contributed by atoms with Crippen molar-refractivity contribution in [2.75, 3.05) is 0 Å². The second-order valence-corrected chi connectivity index (χ2v) is 2.85. The Morgan fingerprint density at radius 1 is 1.21 bits per heavy atom. The van der Waals surface area contributed by atoms with Crippen LogP contribution in [-0.4, -0.2) is 11.1 Å². The van der Waals surface area contributed by atoms with Crippen molar-refractivity contribution in [2.45, 2.75) is 0 Å². The first-order valence-corrected chi connectivity index (χ1v) is 3.93. The average Bonchev–Trinajstić information content (AvgIpc) is 2.16. The molecule has 0 aliphatic heterocycles. The van der Waals surface area contributed by atoms with Crippen LogP contribution < -0.4 is 5.63 Å². The predicted octanol–water partition coefficient (Wildman–Crippen LogP) is 1.49. The van der Waals surface area contributed by atoms with E-state index in [4.69, 9.17) is 5.11 Å². The van der Waals surface area contributed by atoms with Crippen molar-refractivity contribution in [1.82, 2.24) is 0 Å². The first-order chi connectivity index (χ1) is 6.66. The number of carbonyl (C=O) groups is 1. The summed E-state index contributed by atoms with van der Waals surface area (Å²) < 4.78 is 4.64. The van der Waals surface area contributed by atoms with Gasteiger partial charge in [0.15, 0.2) is 0 Å². The topological polar surface area (TPSA) is 67.5 Å². The SMILES string of the molecule is O=C(O)c1ccc2coc(=O)cc2c1. The van der Waals surface area contributed by atoms with Crippen molar-refractivity contribution < 1.29 is 14.3 Å². The fourth-order valence-corrected chi connectivity index (χ4v) is 1.22. The molecule has 0 saturated carbocycles. The molecule has 0 amide bonds. The number of hydrogen-bond acceptors (Lipinski definition) is 3. The minimum Gasteiger partial charge on any atom is -0.478 e. The molecule has 4 nitrogen and oxygen atoms in total. The minimum absolute atomic E-state index is 0.156. The van der Waals surface area contributed by atoms with Gasteiger partial charge in [-0.05, 0) is 17.5 Å². The molecule has 1 N–H and O–H groups in total. The molecule has 0 saturated heterocycles. The van der Waals surface area contributed by atoms with Crippen LogP contribution in [0.2, 0.25) is 0 Å². The summed E-state index contributed by atoms with van der Waals surface area (Å²) in [7, 11) is 0. The number of fused-ring (bicyclic) bond motifs is 1. The Morgan fingerprint density at radius 3 is 2.71 bits per heavy atom. The second-order valence-electron chi connectivity index (χ2n) is 2.85. The first kappa shape index (κ1) is 8.50. The van der Waals surface area contributed by atoms with Gasteiger partial charge in [-0.1, -0.05) is 6.07 Å². The van der Waals surface area contributed by atoms with E-state index in [9.17, 15) is 9.59 Å². The van der Waals surface area contributed by atoms with Gasteiger partial charge in [0.05, 0.1) is 5.56 Å². The van der Waals surface area contributed by atoms with Gasteiger partial charge in [0.25, 0.3) is 0 Å². The van der Waals surface area contributed by atoms with E-state index < -0.39 is 11.6 Å². The number of aromatic carboxylic acids is 1. The molecule has 14 heavy (non-hydrogen) atoms. The Hall–Kier alpha value is -2.10. The summed E-state index contributed by atoms with van der Waals surface area (Å²) >= 11 is 0. The molecule has 1 heterocycles. The highest BCUT2D eigenvalue weighted by molar-refractivity contribution is 5.93. The molecule has 0 aliphatic carbocycles. The Labute approximate surface area is 78.4 Å². The van der Waals surface area contributed by atoms with Crippen LogP contribution in [0, 0.1) is 0 Å². The van der Waals surface area contributed by atoms with Crippen molar-refractivity contribution in [3.8, 4) is 0 Å². The first-order valence-electron chi connectivity index (χ1n) is 3.93. The molecule has 0 bridgehead atoms. The van der Waals surface area contributed by atoms with Crippen molar-refractivity contribution in [1.29, 1.82) is 0 Å². The summed E-state index contributed by atoms with van der Waals surface area (Å²) in [5.74, 6) is -1.01. The maximum Gasteiger partial charge on any atom is 0.336 e. The molecule has 0 unspecified atom stereocenters. The van der Waals surface area contributed by atoms with Crippen molar-refractivity contribution in [3.05, 3.63) is 46.5 Å². The quantitative estimate of drug-likeness (QED) is 0.739. The zero-order valence-corrected chi connectivity index (χ0v) is 7.06. The van der Waals surface area contributed by atoms with E-state index in [0.29, 0.717) is 10.8 Å². The van der Waals surface area contributed by atoms with Crippen LogP contribution in [-0.2, 0) is 0 Å². The molecular weight excluding hydrogens is 184 g/mol. The van der Waals surface area contributed by atoms with Crippen LogP contribution in [0.3, 0.4) is 0 Å². The van der Waals surface area contributed by atoms with Crippen LogP contribution in [0.25, 0.3) is 10.8 Å². The van der Waals surface area contributed by atoms with Gasteiger partial charge in [-0.15, -0.1) is 0 Å². The largest absolute Gasteiger partial charge is 0.478 e. The van der Waals surface area contributed by atoms with Gasteiger partial charge in [-0.3, -0.25) is 0 Å².